The summed E-state index contributed by atoms with van der Waals surface area (Å²) >= 11 is 0. The van der Waals surface area contributed by atoms with E-state index in [1.54, 1.807) is 18.7 Å². The summed E-state index contributed by atoms with van der Waals surface area (Å²) in [4.78, 5) is 4.11. The Labute approximate surface area is 104 Å². The van der Waals surface area contributed by atoms with Crippen LogP contribution in [-0.2, 0) is 13.5 Å². The summed E-state index contributed by atoms with van der Waals surface area (Å²) in [6, 6.07) is 2.14. The van der Waals surface area contributed by atoms with Crippen LogP contribution in [0.2, 0.25) is 0 Å². The number of aromatic nitrogens is 4. The van der Waals surface area contributed by atoms with Gasteiger partial charge in [0, 0.05) is 26.9 Å². The Morgan fingerprint density at radius 3 is 2.83 bits per heavy atom. The summed E-state index contributed by atoms with van der Waals surface area (Å²) in [5.74, 6) is 1.92. The molecule has 2 rings (SSSR count). The maximum atomic E-state index is 9.05. The van der Waals surface area contributed by atoms with Gasteiger partial charge in [-0.05, 0) is 6.92 Å². The number of nitriles is 1. The zero-order chi connectivity index (χ0) is 13.1. The third-order valence-electron chi connectivity index (χ3n) is 2.54. The largest absolute Gasteiger partial charge is 0.369 e. The predicted octanol–water partition coefficient (Wildman–Crippen LogP) is 0.946. The first kappa shape index (κ1) is 12.1. The van der Waals surface area contributed by atoms with Crippen LogP contribution < -0.4 is 5.32 Å². The van der Waals surface area contributed by atoms with Crippen molar-refractivity contribution in [1.29, 1.82) is 5.26 Å². The molecule has 2 aromatic rings. The van der Waals surface area contributed by atoms with Crippen LogP contribution in [0.5, 0.6) is 0 Å². The fraction of sp³-hybridized carbons (Fsp3) is 0.455. The number of anilines is 1. The zero-order valence-electron chi connectivity index (χ0n) is 10.6. The summed E-state index contributed by atoms with van der Waals surface area (Å²) in [7, 11) is 1.80. The third-order valence-corrected chi connectivity index (χ3v) is 2.54. The number of aryl methyl sites for hydroxylation is 3. The molecule has 18 heavy (non-hydrogen) atoms. The number of hydrogen-bond donors (Lipinski definition) is 1. The maximum absolute atomic E-state index is 9.05. The normalized spacial score (nSPS) is 10.3. The molecule has 0 amide bonds. The van der Waals surface area contributed by atoms with Crippen molar-refractivity contribution in [3.63, 3.8) is 0 Å². The average Bonchev–Trinajstić information content (AvgIpc) is 2.84. The first-order valence-electron chi connectivity index (χ1n) is 5.58. The molecule has 0 aromatic carbocycles. The molecule has 0 aliphatic heterocycles. The van der Waals surface area contributed by atoms with E-state index in [0.29, 0.717) is 30.2 Å². The summed E-state index contributed by atoms with van der Waals surface area (Å²) in [6.07, 6.45) is 0.631. The van der Waals surface area contributed by atoms with Crippen molar-refractivity contribution < 1.29 is 4.52 Å². The molecule has 0 aliphatic rings. The van der Waals surface area contributed by atoms with E-state index >= 15 is 0 Å². The molecular weight excluding hydrogens is 232 g/mol. The highest BCUT2D eigenvalue weighted by Crippen LogP contribution is 2.16. The molecule has 0 unspecified atom stereocenters. The molecule has 0 spiro atoms. The first-order valence-corrected chi connectivity index (χ1v) is 5.58. The Morgan fingerprint density at radius 1 is 1.44 bits per heavy atom. The molecule has 0 bridgehead atoms. The van der Waals surface area contributed by atoms with Crippen LogP contribution in [0.4, 0.5) is 5.82 Å². The van der Waals surface area contributed by atoms with Crippen LogP contribution in [0.1, 0.15) is 23.0 Å². The van der Waals surface area contributed by atoms with Gasteiger partial charge in [0.15, 0.2) is 5.82 Å². The second-order valence-corrected chi connectivity index (χ2v) is 3.95. The molecule has 7 heteroatoms. The Kier molecular flexibility index (Phi) is 3.28. The molecule has 1 N–H and O–H groups in total. The van der Waals surface area contributed by atoms with Crippen molar-refractivity contribution in [2.45, 2.75) is 20.3 Å². The van der Waals surface area contributed by atoms with E-state index in [2.05, 4.69) is 26.6 Å². The van der Waals surface area contributed by atoms with Crippen LogP contribution in [0.25, 0.3) is 0 Å². The third kappa shape index (κ3) is 2.32. The van der Waals surface area contributed by atoms with Crippen molar-refractivity contribution in [3.8, 4) is 6.07 Å². The van der Waals surface area contributed by atoms with Crippen LogP contribution in [0.3, 0.4) is 0 Å². The lowest BCUT2D eigenvalue weighted by atomic mass is 10.2. The van der Waals surface area contributed by atoms with E-state index in [1.807, 2.05) is 6.92 Å². The predicted molar refractivity (Wildman–Crippen MR) is 63.9 cm³/mol. The zero-order valence-corrected chi connectivity index (χ0v) is 10.6. The molecule has 2 aromatic heterocycles. The fourth-order valence-corrected chi connectivity index (χ4v) is 1.73. The van der Waals surface area contributed by atoms with Crippen molar-refractivity contribution in [2.24, 2.45) is 7.05 Å². The number of nitrogens with one attached hydrogen (secondary N) is 1. The van der Waals surface area contributed by atoms with E-state index in [-0.39, 0.29) is 0 Å². The van der Waals surface area contributed by atoms with Gasteiger partial charge in [0.25, 0.3) is 0 Å². The van der Waals surface area contributed by atoms with Crippen LogP contribution in [0, 0.1) is 25.2 Å². The number of hydrogen-bond acceptors (Lipinski definition) is 6. The lowest BCUT2D eigenvalue weighted by molar-refractivity contribution is 0.387. The SMILES string of the molecule is Cc1nc(CCNc2c(C#N)c(C)nn2C)no1. The standard InChI is InChI=1S/C11H14N6O/c1-7-9(6-12)11(17(3)15-7)13-5-4-10-14-8(2)18-16-10/h13H,4-5H2,1-3H3. The van der Waals surface area contributed by atoms with Gasteiger partial charge < -0.3 is 9.84 Å². The highest BCUT2D eigenvalue weighted by Gasteiger charge is 2.12. The van der Waals surface area contributed by atoms with Crippen molar-refractivity contribution in [2.75, 3.05) is 11.9 Å². The molecule has 0 saturated carbocycles. The van der Waals surface area contributed by atoms with Crippen LogP contribution >= 0.6 is 0 Å². The van der Waals surface area contributed by atoms with Crippen molar-refractivity contribution in [1.82, 2.24) is 19.9 Å². The number of nitrogens with zero attached hydrogens (tertiary/aromatic N) is 5. The molecule has 94 valence electrons. The molecule has 0 fully saturated rings. The van der Waals surface area contributed by atoms with Gasteiger partial charge >= 0.3 is 0 Å². The van der Waals surface area contributed by atoms with Gasteiger partial charge in [0.05, 0.1) is 5.69 Å². The molecule has 0 atom stereocenters. The Hall–Kier alpha value is -2.36. The molecule has 0 radical (unpaired) electrons. The summed E-state index contributed by atoms with van der Waals surface area (Å²) in [6.45, 7) is 4.18. The maximum Gasteiger partial charge on any atom is 0.223 e. The molecule has 0 aliphatic carbocycles. The smallest absolute Gasteiger partial charge is 0.223 e. The van der Waals surface area contributed by atoms with Gasteiger partial charge in [-0.15, -0.1) is 0 Å². The van der Waals surface area contributed by atoms with Crippen molar-refractivity contribution >= 4 is 5.82 Å². The lowest BCUT2D eigenvalue weighted by Gasteiger charge is -2.04. The molecule has 2 heterocycles. The second-order valence-electron chi connectivity index (χ2n) is 3.95. The van der Waals surface area contributed by atoms with E-state index in [0.717, 1.165) is 11.5 Å². The minimum atomic E-state index is 0.555. The number of rotatable bonds is 4. The summed E-state index contributed by atoms with van der Waals surface area (Å²) in [5.41, 5.74) is 1.29. The van der Waals surface area contributed by atoms with E-state index in [1.165, 1.54) is 0 Å². The van der Waals surface area contributed by atoms with Gasteiger partial charge in [-0.1, -0.05) is 5.16 Å². The van der Waals surface area contributed by atoms with Gasteiger partial charge in [-0.25, -0.2) is 0 Å². The van der Waals surface area contributed by atoms with Gasteiger partial charge in [-0.2, -0.15) is 15.3 Å². The molecular formula is C11H14N6O. The quantitative estimate of drug-likeness (QED) is 0.863. The fourth-order valence-electron chi connectivity index (χ4n) is 1.73. The second kappa shape index (κ2) is 4.87. The molecule has 7 nitrogen and oxygen atoms in total. The highest BCUT2D eigenvalue weighted by molar-refractivity contribution is 5.54. The van der Waals surface area contributed by atoms with Gasteiger partial charge in [0.2, 0.25) is 5.89 Å². The van der Waals surface area contributed by atoms with Crippen LogP contribution in [-0.4, -0.2) is 26.5 Å². The Morgan fingerprint density at radius 2 is 2.22 bits per heavy atom. The van der Waals surface area contributed by atoms with Gasteiger partial charge in [-0.3, -0.25) is 4.68 Å². The summed E-state index contributed by atoms with van der Waals surface area (Å²) < 4.78 is 6.54. The van der Waals surface area contributed by atoms with E-state index in [4.69, 9.17) is 9.78 Å². The lowest BCUT2D eigenvalue weighted by Crippen LogP contribution is -2.10. The minimum absolute atomic E-state index is 0.555. The van der Waals surface area contributed by atoms with Crippen molar-refractivity contribution in [3.05, 3.63) is 23.0 Å². The minimum Gasteiger partial charge on any atom is -0.369 e. The molecule has 0 saturated heterocycles. The Bertz CT molecular complexity index is 591. The Balaban J connectivity index is 2.01. The summed E-state index contributed by atoms with van der Waals surface area (Å²) in [5, 5.41) is 20.2. The van der Waals surface area contributed by atoms with Crippen LogP contribution in [0.15, 0.2) is 4.52 Å². The van der Waals surface area contributed by atoms with E-state index < -0.39 is 0 Å². The first-order chi connectivity index (χ1) is 8.61. The average molecular weight is 246 g/mol. The highest BCUT2D eigenvalue weighted by atomic mass is 16.5. The van der Waals surface area contributed by atoms with Gasteiger partial charge in [0.1, 0.15) is 17.5 Å². The monoisotopic (exact) mass is 246 g/mol. The van der Waals surface area contributed by atoms with E-state index in [9.17, 15) is 0 Å². The topological polar surface area (TPSA) is 92.6 Å².